The molecular weight excluding hydrogens is 351 g/mol. The molecule has 11 heteroatoms. The largest absolute Gasteiger partial charge is 0.484 e. The standard InChI is InChI=1S/C13H10F3N3O4S/c14-10(12(15)16)5-6-24-13-18-17-11(23-13)7-22-9-3-1-8(2-4-9)19(20)21/h1-4H,5-7H2. The molecule has 0 saturated carbocycles. The monoisotopic (exact) mass is 361 g/mol. The predicted octanol–water partition coefficient (Wildman–Crippen LogP) is 4.12. The average Bonchev–Trinajstić information content (AvgIpc) is 3.01. The SMILES string of the molecule is O=[N+]([O-])c1ccc(OCc2nnc(SCCC(F)=C(F)F)o2)cc1. The molecular formula is C13H10F3N3O4S. The van der Waals surface area contributed by atoms with Crippen molar-refractivity contribution in [1.82, 2.24) is 10.2 Å². The smallest absolute Gasteiger partial charge is 0.301 e. The lowest BCUT2D eigenvalue weighted by molar-refractivity contribution is -0.384. The van der Waals surface area contributed by atoms with Crippen LogP contribution in [-0.2, 0) is 6.61 Å². The van der Waals surface area contributed by atoms with Crippen LogP contribution in [-0.4, -0.2) is 20.9 Å². The van der Waals surface area contributed by atoms with Crippen molar-refractivity contribution in [3.8, 4) is 5.75 Å². The Bertz CT molecular complexity index is 732. The summed E-state index contributed by atoms with van der Waals surface area (Å²) < 4.78 is 46.9. The van der Waals surface area contributed by atoms with Crippen molar-refractivity contribution in [2.45, 2.75) is 18.3 Å². The number of hydrogen-bond donors (Lipinski definition) is 0. The Balaban J connectivity index is 1.81. The van der Waals surface area contributed by atoms with Crippen LogP contribution < -0.4 is 4.74 Å². The van der Waals surface area contributed by atoms with Crippen molar-refractivity contribution >= 4 is 17.4 Å². The highest BCUT2D eigenvalue weighted by molar-refractivity contribution is 7.99. The van der Waals surface area contributed by atoms with E-state index in [1.165, 1.54) is 24.3 Å². The van der Waals surface area contributed by atoms with Crippen LogP contribution in [0.15, 0.2) is 45.8 Å². The van der Waals surface area contributed by atoms with Crippen molar-refractivity contribution in [3.63, 3.8) is 0 Å². The van der Waals surface area contributed by atoms with E-state index in [-0.39, 0.29) is 29.2 Å². The molecule has 0 unspecified atom stereocenters. The van der Waals surface area contributed by atoms with E-state index in [2.05, 4.69) is 10.2 Å². The quantitative estimate of drug-likeness (QED) is 0.397. The third kappa shape index (κ3) is 5.26. The normalized spacial score (nSPS) is 10.5. The van der Waals surface area contributed by atoms with Gasteiger partial charge in [-0.05, 0) is 12.1 Å². The fourth-order valence-electron chi connectivity index (χ4n) is 1.49. The van der Waals surface area contributed by atoms with Gasteiger partial charge in [0.25, 0.3) is 16.8 Å². The van der Waals surface area contributed by atoms with Crippen LogP contribution in [0.5, 0.6) is 5.75 Å². The van der Waals surface area contributed by atoms with Crippen molar-refractivity contribution in [3.05, 3.63) is 52.2 Å². The van der Waals surface area contributed by atoms with Gasteiger partial charge in [0.15, 0.2) is 12.4 Å². The molecule has 0 bridgehead atoms. The molecule has 1 aromatic carbocycles. The number of benzene rings is 1. The molecule has 1 heterocycles. The Morgan fingerprint density at radius 1 is 1.25 bits per heavy atom. The Labute approximate surface area is 137 Å². The third-order valence-corrected chi connectivity index (χ3v) is 3.43. The minimum atomic E-state index is -2.33. The summed E-state index contributed by atoms with van der Waals surface area (Å²) >= 11 is 0.936. The van der Waals surface area contributed by atoms with E-state index >= 15 is 0 Å². The highest BCUT2D eigenvalue weighted by atomic mass is 32.2. The number of hydrogen-bond acceptors (Lipinski definition) is 7. The van der Waals surface area contributed by atoms with Crippen LogP contribution in [0, 0.1) is 10.1 Å². The van der Waals surface area contributed by atoms with Gasteiger partial charge in [-0.15, -0.1) is 10.2 Å². The van der Waals surface area contributed by atoms with Gasteiger partial charge in [0, 0.05) is 24.3 Å². The van der Waals surface area contributed by atoms with E-state index in [0.717, 1.165) is 11.8 Å². The Morgan fingerprint density at radius 2 is 1.96 bits per heavy atom. The first-order chi connectivity index (χ1) is 11.5. The molecule has 0 amide bonds. The van der Waals surface area contributed by atoms with E-state index in [0.29, 0.717) is 5.75 Å². The summed E-state index contributed by atoms with van der Waals surface area (Å²) in [6.45, 7) is -0.0707. The molecule has 0 N–H and O–H groups in total. The summed E-state index contributed by atoms with van der Waals surface area (Å²) in [5.74, 6) is -0.945. The number of ether oxygens (including phenoxy) is 1. The zero-order valence-electron chi connectivity index (χ0n) is 11.9. The lowest BCUT2D eigenvalue weighted by Crippen LogP contribution is -1.96. The third-order valence-electron chi connectivity index (χ3n) is 2.61. The van der Waals surface area contributed by atoms with Gasteiger partial charge >= 0.3 is 6.08 Å². The van der Waals surface area contributed by atoms with Crippen LogP contribution in [0.1, 0.15) is 12.3 Å². The number of nitro groups is 1. The lowest BCUT2D eigenvalue weighted by atomic mass is 10.3. The number of nitrogens with zero attached hydrogens (tertiary/aromatic N) is 3. The molecule has 2 aromatic rings. The second kappa shape index (κ2) is 8.34. The molecule has 0 fully saturated rings. The molecule has 128 valence electrons. The van der Waals surface area contributed by atoms with Gasteiger partial charge in [-0.3, -0.25) is 10.1 Å². The summed E-state index contributed by atoms with van der Waals surface area (Å²) in [5.41, 5.74) is -0.0650. The fraction of sp³-hybridized carbons (Fsp3) is 0.231. The number of non-ortho nitro benzene ring substituents is 1. The average molecular weight is 361 g/mol. The first-order valence-electron chi connectivity index (χ1n) is 6.48. The summed E-state index contributed by atoms with van der Waals surface area (Å²) in [6.07, 6.45) is -2.78. The fourth-order valence-corrected chi connectivity index (χ4v) is 2.20. The van der Waals surface area contributed by atoms with Crippen molar-refractivity contribution < 1.29 is 27.2 Å². The van der Waals surface area contributed by atoms with E-state index in [1.54, 1.807) is 0 Å². The molecule has 24 heavy (non-hydrogen) atoms. The van der Waals surface area contributed by atoms with Gasteiger partial charge in [-0.25, -0.2) is 4.39 Å². The molecule has 0 aliphatic rings. The molecule has 0 saturated heterocycles. The number of thioether (sulfide) groups is 1. The molecule has 0 aliphatic heterocycles. The van der Waals surface area contributed by atoms with Gasteiger partial charge in [0.1, 0.15) is 5.75 Å². The van der Waals surface area contributed by atoms with Crippen LogP contribution in [0.3, 0.4) is 0 Å². The van der Waals surface area contributed by atoms with E-state index in [1.807, 2.05) is 0 Å². The molecule has 0 atom stereocenters. The number of rotatable bonds is 8. The van der Waals surface area contributed by atoms with Crippen LogP contribution in [0.2, 0.25) is 0 Å². The summed E-state index contributed by atoms with van der Waals surface area (Å²) in [5, 5.41) is 18.0. The molecule has 0 aliphatic carbocycles. The lowest BCUT2D eigenvalue weighted by Gasteiger charge is -2.02. The maximum atomic E-state index is 12.6. The number of aromatic nitrogens is 2. The molecule has 1 aromatic heterocycles. The first kappa shape index (κ1) is 17.8. The highest BCUT2D eigenvalue weighted by Gasteiger charge is 2.10. The number of nitro benzene ring substituents is 1. The van der Waals surface area contributed by atoms with Crippen LogP contribution in [0.4, 0.5) is 18.9 Å². The minimum Gasteiger partial charge on any atom is -0.484 e. The van der Waals surface area contributed by atoms with Gasteiger partial charge in [0.2, 0.25) is 0 Å². The van der Waals surface area contributed by atoms with Gasteiger partial charge < -0.3 is 9.15 Å². The van der Waals surface area contributed by atoms with Crippen LogP contribution >= 0.6 is 11.8 Å². The second-order valence-electron chi connectivity index (χ2n) is 4.27. The molecule has 7 nitrogen and oxygen atoms in total. The predicted molar refractivity (Wildman–Crippen MR) is 77.4 cm³/mol. The molecule has 2 rings (SSSR count). The van der Waals surface area contributed by atoms with Crippen molar-refractivity contribution in [2.75, 3.05) is 5.75 Å². The number of allylic oxidation sites excluding steroid dienone is 1. The molecule has 0 spiro atoms. The summed E-state index contributed by atoms with van der Waals surface area (Å²) in [4.78, 5) is 9.99. The van der Waals surface area contributed by atoms with Crippen LogP contribution in [0.25, 0.3) is 0 Å². The Hall–Kier alpha value is -2.56. The van der Waals surface area contributed by atoms with Gasteiger partial charge in [-0.1, -0.05) is 11.8 Å². The number of halogens is 3. The summed E-state index contributed by atoms with van der Waals surface area (Å²) in [7, 11) is 0. The highest BCUT2D eigenvalue weighted by Crippen LogP contribution is 2.22. The zero-order chi connectivity index (χ0) is 17.5. The molecule has 0 radical (unpaired) electrons. The maximum Gasteiger partial charge on any atom is 0.301 e. The topological polar surface area (TPSA) is 91.3 Å². The van der Waals surface area contributed by atoms with Gasteiger partial charge in [0.05, 0.1) is 4.92 Å². The first-order valence-corrected chi connectivity index (χ1v) is 7.46. The summed E-state index contributed by atoms with van der Waals surface area (Å²) in [6, 6.07) is 5.42. The van der Waals surface area contributed by atoms with Crippen molar-refractivity contribution in [1.29, 1.82) is 0 Å². The Morgan fingerprint density at radius 3 is 2.58 bits per heavy atom. The maximum absolute atomic E-state index is 12.6. The zero-order valence-corrected chi connectivity index (χ0v) is 12.8. The Kier molecular flexibility index (Phi) is 6.18. The van der Waals surface area contributed by atoms with E-state index in [4.69, 9.17) is 9.15 Å². The minimum absolute atomic E-state index is 0.0218. The van der Waals surface area contributed by atoms with Crippen molar-refractivity contribution in [2.24, 2.45) is 0 Å². The van der Waals surface area contributed by atoms with Gasteiger partial charge in [-0.2, -0.15) is 8.78 Å². The van der Waals surface area contributed by atoms with E-state index < -0.39 is 23.3 Å². The van der Waals surface area contributed by atoms with E-state index in [9.17, 15) is 23.3 Å². The second-order valence-corrected chi connectivity index (χ2v) is 5.31.